The number of phenols is 1. The van der Waals surface area contributed by atoms with Crippen LogP contribution in [-0.2, 0) is 9.59 Å². The van der Waals surface area contributed by atoms with Crippen LogP contribution in [0.15, 0.2) is 48.5 Å². The van der Waals surface area contributed by atoms with Gasteiger partial charge in [0.15, 0.2) is 0 Å². The SMILES string of the molecule is O=C(CSCC(=O)Nc1ccccc1F)Nc1ccccc1O. The van der Waals surface area contributed by atoms with Gasteiger partial charge >= 0.3 is 0 Å². The number of rotatable bonds is 6. The van der Waals surface area contributed by atoms with Crippen molar-refractivity contribution in [1.29, 1.82) is 0 Å². The molecule has 0 fully saturated rings. The molecule has 0 spiro atoms. The molecule has 0 bridgehead atoms. The molecule has 2 rings (SSSR count). The van der Waals surface area contributed by atoms with Crippen LogP contribution in [-0.4, -0.2) is 28.4 Å². The highest BCUT2D eigenvalue weighted by Crippen LogP contribution is 2.21. The molecular formula is C16H15FN2O3S. The van der Waals surface area contributed by atoms with Crippen molar-refractivity contribution in [1.82, 2.24) is 0 Å². The largest absolute Gasteiger partial charge is 0.506 e. The summed E-state index contributed by atoms with van der Waals surface area (Å²) in [5, 5.41) is 14.5. The van der Waals surface area contributed by atoms with Gasteiger partial charge in [0.05, 0.1) is 22.9 Å². The van der Waals surface area contributed by atoms with Crippen molar-refractivity contribution in [3.63, 3.8) is 0 Å². The highest BCUT2D eigenvalue weighted by atomic mass is 32.2. The fraction of sp³-hybridized carbons (Fsp3) is 0.125. The van der Waals surface area contributed by atoms with Gasteiger partial charge in [0.25, 0.3) is 0 Å². The predicted molar refractivity (Wildman–Crippen MR) is 89.1 cm³/mol. The molecule has 2 amide bonds. The quantitative estimate of drug-likeness (QED) is 0.710. The minimum atomic E-state index is -0.511. The Morgan fingerprint density at radius 1 is 0.913 bits per heavy atom. The molecule has 120 valence electrons. The Balaban J connectivity index is 1.74. The Hall–Kier alpha value is -2.54. The minimum Gasteiger partial charge on any atom is -0.506 e. The first-order valence-corrected chi connectivity index (χ1v) is 7.91. The van der Waals surface area contributed by atoms with E-state index in [1.165, 1.54) is 24.3 Å². The molecular weight excluding hydrogens is 319 g/mol. The van der Waals surface area contributed by atoms with E-state index in [4.69, 9.17) is 0 Å². The Morgan fingerprint density at radius 2 is 1.43 bits per heavy atom. The Kier molecular flexibility index (Phi) is 5.99. The van der Waals surface area contributed by atoms with Crippen LogP contribution in [0, 0.1) is 5.82 Å². The normalized spacial score (nSPS) is 10.1. The van der Waals surface area contributed by atoms with Gasteiger partial charge in [-0.1, -0.05) is 24.3 Å². The third-order valence-electron chi connectivity index (χ3n) is 2.79. The minimum absolute atomic E-state index is 0.0164. The summed E-state index contributed by atoms with van der Waals surface area (Å²) in [6.45, 7) is 0. The van der Waals surface area contributed by atoms with Crippen molar-refractivity contribution in [3.05, 3.63) is 54.3 Å². The van der Waals surface area contributed by atoms with Gasteiger partial charge in [-0.05, 0) is 24.3 Å². The molecule has 23 heavy (non-hydrogen) atoms. The number of phenolic OH excluding ortho intramolecular Hbond substituents is 1. The molecule has 0 unspecified atom stereocenters. The number of halogens is 1. The number of aromatic hydroxyl groups is 1. The first-order chi connectivity index (χ1) is 11.1. The number of benzene rings is 2. The lowest BCUT2D eigenvalue weighted by Gasteiger charge is -2.07. The van der Waals surface area contributed by atoms with Gasteiger partial charge in [-0.2, -0.15) is 0 Å². The molecule has 0 aliphatic rings. The van der Waals surface area contributed by atoms with Crippen LogP contribution in [0.1, 0.15) is 0 Å². The maximum atomic E-state index is 13.4. The van der Waals surface area contributed by atoms with E-state index in [1.54, 1.807) is 24.3 Å². The third kappa shape index (κ3) is 5.30. The van der Waals surface area contributed by atoms with E-state index in [-0.39, 0.29) is 28.8 Å². The summed E-state index contributed by atoms with van der Waals surface area (Å²) < 4.78 is 13.4. The Labute approximate surface area is 136 Å². The molecule has 5 nitrogen and oxygen atoms in total. The number of hydrogen-bond acceptors (Lipinski definition) is 4. The second-order valence-electron chi connectivity index (χ2n) is 4.59. The van der Waals surface area contributed by atoms with Crippen LogP contribution >= 0.6 is 11.8 Å². The van der Waals surface area contributed by atoms with Gasteiger partial charge in [0, 0.05) is 0 Å². The van der Waals surface area contributed by atoms with E-state index in [0.29, 0.717) is 5.69 Å². The van der Waals surface area contributed by atoms with Crippen LogP contribution in [0.3, 0.4) is 0 Å². The summed E-state index contributed by atoms with van der Waals surface area (Å²) >= 11 is 1.09. The number of carbonyl (C=O) groups excluding carboxylic acids is 2. The van der Waals surface area contributed by atoms with Gasteiger partial charge in [0.1, 0.15) is 11.6 Å². The number of amides is 2. The zero-order valence-electron chi connectivity index (χ0n) is 12.1. The van der Waals surface area contributed by atoms with Gasteiger partial charge in [-0.3, -0.25) is 9.59 Å². The van der Waals surface area contributed by atoms with Crippen LogP contribution in [0.2, 0.25) is 0 Å². The lowest BCUT2D eigenvalue weighted by Crippen LogP contribution is -2.18. The average molecular weight is 334 g/mol. The maximum Gasteiger partial charge on any atom is 0.234 e. The molecule has 0 aliphatic heterocycles. The molecule has 0 aliphatic carbocycles. The number of hydrogen-bond donors (Lipinski definition) is 3. The lowest BCUT2D eigenvalue weighted by molar-refractivity contribution is -0.114. The smallest absolute Gasteiger partial charge is 0.234 e. The molecule has 3 N–H and O–H groups in total. The average Bonchev–Trinajstić information content (AvgIpc) is 2.52. The van der Waals surface area contributed by atoms with E-state index in [2.05, 4.69) is 10.6 Å². The number of anilines is 2. The maximum absolute atomic E-state index is 13.4. The van der Waals surface area contributed by atoms with E-state index < -0.39 is 11.7 Å². The summed E-state index contributed by atoms with van der Waals surface area (Å²) in [6, 6.07) is 12.2. The first kappa shape index (κ1) is 16.8. The highest BCUT2D eigenvalue weighted by molar-refractivity contribution is 8.00. The second kappa shape index (κ2) is 8.19. The lowest BCUT2D eigenvalue weighted by atomic mass is 10.3. The fourth-order valence-electron chi connectivity index (χ4n) is 1.75. The molecule has 2 aromatic rings. The molecule has 0 heterocycles. The van der Waals surface area contributed by atoms with Crippen molar-refractivity contribution in [3.8, 4) is 5.75 Å². The van der Waals surface area contributed by atoms with E-state index in [9.17, 15) is 19.1 Å². The summed E-state index contributed by atoms with van der Waals surface area (Å²) in [5.74, 6) is -1.21. The standard InChI is InChI=1S/C16H15FN2O3S/c17-11-5-1-2-6-12(11)18-15(21)9-23-10-16(22)19-13-7-3-4-8-14(13)20/h1-8,20H,9-10H2,(H,18,21)(H,19,22). The summed E-state index contributed by atoms with van der Waals surface area (Å²) in [4.78, 5) is 23.4. The number of nitrogens with one attached hydrogen (secondary N) is 2. The van der Waals surface area contributed by atoms with Crippen LogP contribution in [0.4, 0.5) is 15.8 Å². The second-order valence-corrected chi connectivity index (χ2v) is 5.57. The molecule has 0 aromatic heterocycles. The highest BCUT2D eigenvalue weighted by Gasteiger charge is 2.09. The molecule has 2 aromatic carbocycles. The van der Waals surface area contributed by atoms with Gasteiger partial charge < -0.3 is 15.7 Å². The zero-order chi connectivity index (χ0) is 16.7. The van der Waals surface area contributed by atoms with E-state index in [1.807, 2.05) is 0 Å². The molecule has 0 saturated carbocycles. The monoisotopic (exact) mass is 334 g/mol. The zero-order valence-corrected chi connectivity index (χ0v) is 12.9. The molecule has 0 radical (unpaired) electrons. The van der Waals surface area contributed by atoms with Crippen molar-refractivity contribution >= 4 is 35.0 Å². The summed E-state index contributed by atoms with van der Waals surface area (Å²) in [7, 11) is 0. The molecule has 0 atom stereocenters. The topological polar surface area (TPSA) is 78.4 Å². The molecule has 0 saturated heterocycles. The Bertz CT molecular complexity index is 650. The fourth-order valence-corrected chi connectivity index (χ4v) is 2.37. The first-order valence-electron chi connectivity index (χ1n) is 6.76. The Morgan fingerprint density at radius 3 is 2.04 bits per heavy atom. The van der Waals surface area contributed by atoms with Crippen molar-refractivity contribution in [2.45, 2.75) is 0 Å². The summed E-state index contributed by atoms with van der Waals surface area (Å²) in [6.07, 6.45) is 0. The summed E-state index contributed by atoms with van der Waals surface area (Å²) in [5.41, 5.74) is 0.422. The van der Waals surface area contributed by atoms with Crippen LogP contribution in [0.5, 0.6) is 5.75 Å². The van der Waals surface area contributed by atoms with Crippen LogP contribution < -0.4 is 10.6 Å². The number of thioether (sulfide) groups is 1. The van der Waals surface area contributed by atoms with Crippen molar-refractivity contribution in [2.24, 2.45) is 0 Å². The van der Waals surface area contributed by atoms with Gasteiger partial charge in [0.2, 0.25) is 11.8 Å². The van der Waals surface area contributed by atoms with Gasteiger partial charge in [-0.15, -0.1) is 11.8 Å². The molecule has 7 heteroatoms. The van der Waals surface area contributed by atoms with E-state index >= 15 is 0 Å². The van der Waals surface area contributed by atoms with Crippen molar-refractivity contribution in [2.75, 3.05) is 22.1 Å². The third-order valence-corrected chi connectivity index (χ3v) is 3.73. The number of carbonyl (C=O) groups is 2. The van der Waals surface area contributed by atoms with Crippen LogP contribution in [0.25, 0.3) is 0 Å². The number of para-hydroxylation sites is 3. The van der Waals surface area contributed by atoms with Gasteiger partial charge in [-0.25, -0.2) is 4.39 Å². The van der Waals surface area contributed by atoms with Crippen molar-refractivity contribution < 1.29 is 19.1 Å². The predicted octanol–water partition coefficient (Wildman–Crippen LogP) is 2.84. The van der Waals surface area contributed by atoms with E-state index in [0.717, 1.165) is 11.8 Å².